The summed E-state index contributed by atoms with van der Waals surface area (Å²) < 4.78 is 14.2. The van der Waals surface area contributed by atoms with E-state index in [1.807, 2.05) is 27.7 Å². The molecule has 20 heavy (non-hydrogen) atoms. The van der Waals surface area contributed by atoms with Crippen LogP contribution in [0.15, 0.2) is 0 Å². The molecule has 0 aromatic carbocycles. The van der Waals surface area contributed by atoms with Gasteiger partial charge < -0.3 is 9.47 Å². The summed E-state index contributed by atoms with van der Waals surface area (Å²) in [5.74, 6) is -0.788. The summed E-state index contributed by atoms with van der Waals surface area (Å²) in [7, 11) is 0. The van der Waals surface area contributed by atoms with Crippen molar-refractivity contribution in [2.45, 2.75) is 39.4 Å². The van der Waals surface area contributed by atoms with Gasteiger partial charge >= 0.3 is 11.9 Å². The van der Waals surface area contributed by atoms with Crippen molar-refractivity contribution in [1.82, 2.24) is 0 Å². The van der Waals surface area contributed by atoms with Gasteiger partial charge in [-0.1, -0.05) is 32.7 Å². The lowest BCUT2D eigenvalue weighted by atomic mass is 10.2. The maximum absolute atomic E-state index is 11.8. The molecule has 0 aliphatic rings. The quantitative estimate of drug-likeness (QED) is 0.284. The molecule has 0 aromatic rings. The van der Waals surface area contributed by atoms with Gasteiger partial charge in [0.25, 0.3) is 0 Å². The van der Waals surface area contributed by atoms with Gasteiger partial charge in [0.15, 0.2) is 0 Å². The first-order chi connectivity index (χ1) is 9.36. The van der Waals surface area contributed by atoms with E-state index in [4.69, 9.17) is 14.7 Å². The molecule has 0 saturated heterocycles. The number of esters is 2. The van der Waals surface area contributed by atoms with Gasteiger partial charge in [0.05, 0.1) is 31.7 Å². The highest BCUT2D eigenvalue weighted by atomic mass is 32.2. The topological polar surface area (TPSA) is 91.3 Å². The van der Waals surface area contributed by atoms with Crippen molar-refractivity contribution in [2.24, 2.45) is 11.8 Å². The summed E-state index contributed by atoms with van der Waals surface area (Å²) >= 11 is 0.496. The Morgan fingerprint density at radius 3 is 2.10 bits per heavy atom. The van der Waals surface area contributed by atoms with Gasteiger partial charge in [-0.15, -0.1) is 4.33 Å². The molecular formula is C12H22O7S. The maximum atomic E-state index is 11.8. The Morgan fingerprint density at radius 2 is 1.60 bits per heavy atom. The van der Waals surface area contributed by atoms with Gasteiger partial charge in [-0.2, -0.15) is 0 Å². The van der Waals surface area contributed by atoms with Crippen molar-refractivity contribution in [3.8, 4) is 0 Å². The Balaban J connectivity index is 4.31. The predicted octanol–water partition coefficient (Wildman–Crippen LogP) is 2.21. The first-order valence-electron chi connectivity index (χ1n) is 6.32. The van der Waals surface area contributed by atoms with E-state index in [0.717, 1.165) is 0 Å². The Kier molecular flexibility index (Phi) is 10.4. The number of carbonyl (C=O) groups excluding carboxylic acids is 2. The molecule has 8 heteroatoms. The fourth-order valence-electron chi connectivity index (χ4n) is 1.03. The standard InChI is InChI=1S/C12H22O7S/c1-8(2)6-16-11(13)5-10(20-19-18-15)12(14)17-7-9(3)4/h8-10,15H,5-7H2,1-4H3. The van der Waals surface area contributed by atoms with Crippen LogP contribution in [0.4, 0.5) is 0 Å². The van der Waals surface area contributed by atoms with E-state index in [1.165, 1.54) is 0 Å². The largest absolute Gasteiger partial charge is 0.465 e. The molecule has 1 unspecified atom stereocenters. The van der Waals surface area contributed by atoms with Crippen LogP contribution in [-0.2, 0) is 28.4 Å². The Labute approximate surface area is 123 Å². The van der Waals surface area contributed by atoms with E-state index in [1.54, 1.807) is 0 Å². The fraction of sp³-hybridized carbons (Fsp3) is 0.833. The van der Waals surface area contributed by atoms with Crippen molar-refractivity contribution in [3.05, 3.63) is 0 Å². The summed E-state index contributed by atoms with van der Waals surface area (Å²) in [4.78, 5) is 23.3. The molecule has 0 rings (SSSR count). The van der Waals surface area contributed by atoms with E-state index in [-0.39, 0.29) is 31.5 Å². The third kappa shape index (κ3) is 10.0. The van der Waals surface area contributed by atoms with Crippen LogP contribution >= 0.6 is 12.0 Å². The lowest BCUT2D eigenvalue weighted by molar-refractivity contribution is -0.432. The molecular weight excluding hydrogens is 288 g/mol. The molecule has 0 saturated carbocycles. The van der Waals surface area contributed by atoms with Gasteiger partial charge in [0.1, 0.15) is 5.25 Å². The van der Waals surface area contributed by atoms with Gasteiger partial charge in [0, 0.05) is 0 Å². The van der Waals surface area contributed by atoms with E-state index < -0.39 is 17.2 Å². The van der Waals surface area contributed by atoms with Crippen LogP contribution in [-0.4, -0.2) is 35.7 Å². The third-order valence-electron chi connectivity index (χ3n) is 1.94. The molecule has 0 spiro atoms. The normalized spacial score (nSPS) is 12.6. The highest BCUT2D eigenvalue weighted by Gasteiger charge is 2.27. The molecule has 0 radical (unpaired) electrons. The Hall–Kier alpha value is -0.830. The molecule has 0 heterocycles. The van der Waals surface area contributed by atoms with Crippen molar-refractivity contribution in [2.75, 3.05) is 13.2 Å². The second kappa shape index (κ2) is 10.9. The zero-order valence-electron chi connectivity index (χ0n) is 12.2. The number of hydrogen-bond acceptors (Lipinski definition) is 8. The number of rotatable bonds is 10. The minimum absolute atomic E-state index is 0.174. The number of hydrogen-bond donors (Lipinski definition) is 1. The lowest BCUT2D eigenvalue weighted by Gasteiger charge is -2.14. The molecule has 7 nitrogen and oxygen atoms in total. The number of carbonyl (C=O) groups is 2. The summed E-state index contributed by atoms with van der Waals surface area (Å²) in [6.45, 7) is 8.09. The monoisotopic (exact) mass is 310 g/mol. The average Bonchev–Trinajstić information content (AvgIpc) is 2.38. The maximum Gasteiger partial charge on any atom is 0.322 e. The molecule has 0 aromatic heterocycles. The van der Waals surface area contributed by atoms with Crippen LogP contribution in [0.25, 0.3) is 0 Å². The minimum atomic E-state index is -0.958. The molecule has 0 bridgehead atoms. The van der Waals surface area contributed by atoms with Crippen LogP contribution in [0.2, 0.25) is 0 Å². The fourth-order valence-corrected chi connectivity index (χ4v) is 1.51. The average molecular weight is 310 g/mol. The second-order valence-electron chi connectivity index (χ2n) is 5.03. The summed E-state index contributed by atoms with van der Waals surface area (Å²) in [5.41, 5.74) is 0. The zero-order chi connectivity index (χ0) is 15.5. The van der Waals surface area contributed by atoms with Crippen LogP contribution in [0, 0.1) is 11.8 Å². The summed E-state index contributed by atoms with van der Waals surface area (Å²) in [6, 6.07) is 0. The van der Waals surface area contributed by atoms with Crippen molar-refractivity contribution in [3.63, 3.8) is 0 Å². The molecule has 0 aliphatic heterocycles. The summed E-state index contributed by atoms with van der Waals surface area (Å²) in [6.07, 6.45) is -0.225. The Morgan fingerprint density at radius 1 is 1.05 bits per heavy atom. The third-order valence-corrected chi connectivity index (χ3v) is 2.67. The van der Waals surface area contributed by atoms with Gasteiger partial charge in [-0.25, -0.2) is 5.26 Å². The van der Waals surface area contributed by atoms with E-state index >= 15 is 0 Å². The molecule has 1 atom stereocenters. The molecule has 0 aliphatic carbocycles. The van der Waals surface area contributed by atoms with Crippen LogP contribution in [0.1, 0.15) is 34.1 Å². The van der Waals surface area contributed by atoms with E-state index in [9.17, 15) is 9.59 Å². The Bertz CT molecular complexity index is 294. The van der Waals surface area contributed by atoms with Gasteiger partial charge in [0.2, 0.25) is 0 Å². The first-order valence-corrected chi connectivity index (χ1v) is 7.13. The van der Waals surface area contributed by atoms with Crippen molar-refractivity contribution < 1.29 is 33.7 Å². The predicted molar refractivity (Wildman–Crippen MR) is 72.4 cm³/mol. The molecule has 1 N–H and O–H groups in total. The highest BCUT2D eigenvalue weighted by molar-refractivity contribution is 7.95. The first kappa shape index (κ1) is 19.2. The smallest absolute Gasteiger partial charge is 0.322 e. The minimum Gasteiger partial charge on any atom is -0.465 e. The van der Waals surface area contributed by atoms with Crippen LogP contribution in [0.5, 0.6) is 0 Å². The SMILES string of the molecule is CC(C)COC(=O)CC(SOOO)C(=O)OCC(C)C. The van der Waals surface area contributed by atoms with Crippen LogP contribution < -0.4 is 0 Å². The van der Waals surface area contributed by atoms with E-state index in [2.05, 4.69) is 9.37 Å². The van der Waals surface area contributed by atoms with Crippen molar-refractivity contribution in [1.29, 1.82) is 0 Å². The molecule has 118 valence electrons. The number of ether oxygens (including phenoxy) is 2. The highest BCUT2D eigenvalue weighted by Crippen LogP contribution is 2.19. The van der Waals surface area contributed by atoms with Crippen LogP contribution in [0.3, 0.4) is 0 Å². The van der Waals surface area contributed by atoms with E-state index in [0.29, 0.717) is 12.0 Å². The molecule has 0 amide bonds. The van der Waals surface area contributed by atoms with Gasteiger partial charge in [-0.3, -0.25) is 9.59 Å². The summed E-state index contributed by atoms with van der Waals surface area (Å²) in [5, 5.41) is 10.6. The second-order valence-corrected chi connectivity index (χ2v) is 5.93. The molecule has 0 fully saturated rings. The van der Waals surface area contributed by atoms with Gasteiger partial charge in [-0.05, 0) is 11.8 Å². The van der Waals surface area contributed by atoms with Crippen molar-refractivity contribution >= 4 is 24.0 Å². The lowest BCUT2D eigenvalue weighted by Crippen LogP contribution is -2.26. The zero-order valence-corrected chi connectivity index (χ0v) is 13.0.